The maximum absolute atomic E-state index is 5.49. The first-order valence-corrected chi connectivity index (χ1v) is 8.27. The van der Waals surface area contributed by atoms with Crippen LogP contribution in [0.25, 0.3) is 11.3 Å². The molecular formula is C20H20N2O4. The van der Waals surface area contributed by atoms with Crippen molar-refractivity contribution in [3.63, 3.8) is 0 Å². The lowest BCUT2D eigenvalue weighted by Gasteiger charge is -2.09. The van der Waals surface area contributed by atoms with Gasteiger partial charge in [-0.25, -0.2) is 0 Å². The number of hydrogen-bond donors (Lipinski definition) is 0. The molecule has 2 aromatic carbocycles. The van der Waals surface area contributed by atoms with Crippen molar-refractivity contribution in [2.75, 3.05) is 13.7 Å². The summed E-state index contributed by atoms with van der Waals surface area (Å²) in [7, 11) is 1.60. The summed E-state index contributed by atoms with van der Waals surface area (Å²) in [6, 6.07) is 17.2. The summed E-state index contributed by atoms with van der Waals surface area (Å²) in [6.45, 7) is 2.73. The molecule has 0 radical (unpaired) electrons. The largest absolute Gasteiger partial charge is 0.493 e. The van der Waals surface area contributed by atoms with Crippen molar-refractivity contribution in [2.45, 2.75) is 13.5 Å². The second-order valence-corrected chi connectivity index (χ2v) is 5.40. The summed E-state index contributed by atoms with van der Waals surface area (Å²) in [4.78, 5) is 5.30. The van der Waals surface area contributed by atoms with Crippen molar-refractivity contribution in [2.24, 2.45) is 5.16 Å². The smallest absolute Gasteiger partial charge is 0.167 e. The Morgan fingerprint density at radius 2 is 1.92 bits per heavy atom. The molecule has 0 spiro atoms. The number of ether oxygens (including phenoxy) is 2. The van der Waals surface area contributed by atoms with Crippen LogP contribution in [-0.4, -0.2) is 25.1 Å². The molecule has 3 rings (SSSR count). The Balaban J connectivity index is 1.57. The van der Waals surface area contributed by atoms with Crippen LogP contribution >= 0.6 is 0 Å². The van der Waals surface area contributed by atoms with Gasteiger partial charge in [-0.3, -0.25) is 0 Å². The van der Waals surface area contributed by atoms with Crippen molar-refractivity contribution >= 4 is 6.21 Å². The van der Waals surface area contributed by atoms with E-state index in [-0.39, 0.29) is 6.61 Å². The van der Waals surface area contributed by atoms with E-state index in [1.807, 2.05) is 61.5 Å². The predicted octanol–water partition coefficient (Wildman–Crippen LogP) is 4.30. The van der Waals surface area contributed by atoms with Crippen LogP contribution in [-0.2, 0) is 11.4 Å². The van der Waals surface area contributed by atoms with Gasteiger partial charge in [0.1, 0.15) is 5.69 Å². The Bertz CT molecular complexity index is 859. The van der Waals surface area contributed by atoms with Gasteiger partial charge in [-0.15, -0.1) is 0 Å². The highest BCUT2D eigenvalue weighted by Crippen LogP contribution is 2.27. The standard InChI is InChI=1S/C20H20N2O4/c1-3-24-18-10-9-15(11-20(18)23-2)13-21-25-14-17-12-19(26-22-17)16-7-5-4-6-8-16/h4-13H,3,14H2,1-2H3/b21-13-. The number of rotatable bonds is 8. The summed E-state index contributed by atoms with van der Waals surface area (Å²) in [6.07, 6.45) is 1.61. The molecule has 0 amide bonds. The third-order valence-corrected chi connectivity index (χ3v) is 3.59. The van der Waals surface area contributed by atoms with Crippen LogP contribution in [0.5, 0.6) is 11.5 Å². The lowest BCUT2D eigenvalue weighted by atomic mass is 10.2. The molecule has 134 valence electrons. The zero-order valence-corrected chi connectivity index (χ0v) is 14.7. The van der Waals surface area contributed by atoms with E-state index in [2.05, 4.69) is 10.3 Å². The molecule has 6 heteroatoms. The maximum Gasteiger partial charge on any atom is 0.167 e. The van der Waals surface area contributed by atoms with E-state index < -0.39 is 0 Å². The molecule has 0 N–H and O–H groups in total. The van der Waals surface area contributed by atoms with Crippen LogP contribution in [0, 0.1) is 0 Å². The fraction of sp³-hybridized carbons (Fsp3) is 0.200. The number of oxime groups is 1. The van der Waals surface area contributed by atoms with Crippen molar-refractivity contribution in [1.29, 1.82) is 0 Å². The minimum Gasteiger partial charge on any atom is -0.493 e. The highest BCUT2D eigenvalue weighted by atomic mass is 16.6. The first-order valence-electron chi connectivity index (χ1n) is 8.27. The van der Waals surface area contributed by atoms with Crippen LogP contribution in [0.1, 0.15) is 18.2 Å². The first-order chi connectivity index (χ1) is 12.8. The van der Waals surface area contributed by atoms with Crippen LogP contribution in [0.2, 0.25) is 0 Å². The van der Waals surface area contributed by atoms with Gasteiger partial charge in [-0.2, -0.15) is 0 Å². The molecule has 0 aliphatic heterocycles. The Hall–Kier alpha value is -3.28. The number of aromatic nitrogens is 1. The average molecular weight is 352 g/mol. The molecule has 0 bridgehead atoms. The minimum absolute atomic E-state index is 0.223. The molecule has 1 heterocycles. The molecule has 0 aliphatic carbocycles. The minimum atomic E-state index is 0.223. The Morgan fingerprint density at radius 3 is 2.69 bits per heavy atom. The summed E-state index contributed by atoms with van der Waals surface area (Å²) in [5.74, 6) is 2.05. The molecule has 0 saturated carbocycles. The monoisotopic (exact) mass is 352 g/mol. The summed E-state index contributed by atoms with van der Waals surface area (Å²) < 4.78 is 16.1. The summed E-state index contributed by atoms with van der Waals surface area (Å²) in [5, 5.41) is 7.95. The Morgan fingerprint density at radius 1 is 1.08 bits per heavy atom. The van der Waals surface area contributed by atoms with Crippen molar-refractivity contribution in [1.82, 2.24) is 5.16 Å². The van der Waals surface area contributed by atoms with Gasteiger partial charge >= 0.3 is 0 Å². The normalized spacial score (nSPS) is 10.8. The molecule has 0 aliphatic rings. The van der Waals surface area contributed by atoms with E-state index in [0.29, 0.717) is 29.6 Å². The van der Waals surface area contributed by atoms with E-state index in [4.69, 9.17) is 18.8 Å². The quantitative estimate of drug-likeness (QED) is 0.447. The van der Waals surface area contributed by atoms with Gasteiger partial charge in [-0.05, 0) is 25.1 Å². The number of methoxy groups -OCH3 is 1. The highest BCUT2D eigenvalue weighted by Gasteiger charge is 2.07. The van der Waals surface area contributed by atoms with Gasteiger partial charge in [0.05, 0.1) is 19.9 Å². The van der Waals surface area contributed by atoms with Gasteiger partial charge in [0.2, 0.25) is 0 Å². The van der Waals surface area contributed by atoms with E-state index in [1.165, 1.54) is 0 Å². The van der Waals surface area contributed by atoms with Crippen molar-refractivity contribution in [3.05, 3.63) is 65.9 Å². The first kappa shape index (κ1) is 17.5. The molecule has 0 saturated heterocycles. The number of hydrogen-bond acceptors (Lipinski definition) is 6. The lowest BCUT2D eigenvalue weighted by molar-refractivity contribution is 0.126. The summed E-state index contributed by atoms with van der Waals surface area (Å²) in [5.41, 5.74) is 2.48. The third kappa shape index (κ3) is 4.42. The molecule has 0 atom stereocenters. The topological polar surface area (TPSA) is 66.1 Å². The fourth-order valence-corrected chi connectivity index (χ4v) is 2.36. The fourth-order valence-electron chi connectivity index (χ4n) is 2.36. The lowest BCUT2D eigenvalue weighted by Crippen LogP contribution is -1.96. The van der Waals surface area contributed by atoms with Crippen molar-refractivity contribution < 1.29 is 18.8 Å². The Labute approximate surface area is 152 Å². The predicted molar refractivity (Wildman–Crippen MR) is 98.5 cm³/mol. The van der Waals surface area contributed by atoms with Crippen LogP contribution in [0.4, 0.5) is 0 Å². The van der Waals surface area contributed by atoms with Gasteiger partial charge in [0.15, 0.2) is 23.9 Å². The molecule has 3 aromatic rings. The van der Waals surface area contributed by atoms with Crippen LogP contribution in [0.15, 0.2) is 64.3 Å². The SMILES string of the molecule is CCOc1ccc(/C=N\OCc2cc(-c3ccccc3)on2)cc1OC. The number of benzene rings is 2. The molecule has 0 fully saturated rings. The average Bonchev–Trinajstić information content (AvgIpc) is 3.16. The highest BCUT2D eigenvalue weighted by molar-refractivity contribution is 5.80. The maximum atomic E-state index is 5.49. The van der Waals surface area contributed by atoms with E-state index in [9.17, 15) is 0 Å². The molecule has 6 nitrogen and oxygen atoms in total. The molecular weight excluding hydrogens is 332 g/mol. The van der Waals surface area contributed by atoms with Gasteiger partial charge in [0, 0.05) is 17.2 Å². The second-order valence-electron chi connectivity index (χ2n) is 5.40. The zero-order valence-electron chi connectivity index (χ0n) is 14.7. The third-order valence-electron chi connectivity index (χ3n) is 3.59. The van der Waals surface area contributed by atoms with Gasteiger partial charge in [-0.1, -0.05) is 40.6 Å². The zero-order chi connectivity index (χ0) is 18.2. The van der Waals surface area contributed by atoms with Gasteiger partial charge < -0.3 is 18.8 Å². The van der Waals surface area contributed by atoms with Crippen LogP contribution < -0.4 is 9.47 Å². The molecule has 1 aromatic heterocycles. The second kappa shape index (κ2) is 8.71. The van der Waals surface area contributed by atoms with E-state index in [0.717, 1.165) is 11.1 Å². The number of nitrogens with zero attached hydrogens (tertiary/aromatic N) is 2. The van der Waals surface area contributed by atoms with E-state index in [1.54, 1.807) is 13.3 Å². The van der Waals surface area contributed by atoms with Gasteiger partial charge in [0.25, 0.3) is 0 Å². The van der Waals surface area contributed by atoms with Crippen LogP contribution in [0.3, 0.4) is 0 Å². The van der Waals surface area contributed by atoms with E-state index >= 15 is 0 Å². The Kier molecular flexibility index (Phi) is 5.88. The molecule has 0 unspecified atom stereocenters. The molecule has 26 heavy (non-hydrogen) atoms. The van der Waals surface area contributed by atoms with Crippen molar-refractivity contribution in [3.8, 4) is 22.8 Å². The summed E-state index contributed by atoms with van der Waals surface area (Å²) >= 11 is 0.